The normalized spacial score (nSPS) is 14.0. The number of thiophene rings is 1. The fourth-order valence-electron chi connectivity index (χ4n) is 3.13. The van der Waals surface area contributed by atoms with E-state index in [0.29, 0.717) is 17.1 Å². The second-order valence-electron chi connectivity index (χ2n) is 5.96. The zero-order chi connectivity index (χ0) is 17.4. The second-order valence-corrected chi connectivity index (χ2v) is 6.74. The topological polar surface area (TPSA) is 35.5 Å². The number of carbonyl (C=O) groups excluding carboxylic acids is 1. The molecule has 0 saturated heterocycles. The van der Waals surface area contributed by atoms with E-state index in [1.807, 2.05) is 65.4 Å². The number of hydrogen-bond donors (Lipinski definition) is 0. The van der Waals surface area contributed by atoms with Crippen LogP contribution in [0.5, 0.6) is 11.5 Å². The van der Waals surface area contributed by atoms with Crippen LogP contribution in [0.25, 0.3) is 0 Å². The van der Waals surface area contributed by atoms with Crippen molar-refractivity contribution in [3.63, 3.8) is 0 Å². The van der Waals surface area contributed by atoms with Gasteiger partial charge < -0.3 is 9.47 Å². The molecule has 0 atom stereocenters. The first kappa shape index (κ1) is 15.7. The highest BCUT2D eigenvalue weighted by Crippen LogP contribution is 2.52. The Morgan fingerprint density at radius 1 is 1.04 bits per heavy atom. The van der Waals surface area contributed by atoms with E-state index in [9.17, 15) is 4.79 Å². The van der Waals surface area contributed by atoms with Gasteiger partial charge in [-0.3, -0.25) is 0 Å². The van der Waals surface area contributed by atoms with Gasteiger partial charge in [0, 0.05) is 22.3 Å². The summed E-state index contributed by atoms with van der Waals surface area (Å²) in [6, 6.07) is 17.3. The van der Waals surface area contributed by atoms with Crippen molar-refractivity contribution in [3.05, 3.63) is 94.2 Å². The van der Waals surface area contributed by atoms with Crippen molar-refractivity contribution in [2.24, 2.45) is 0 Å². The first-order valence-electron chi connectivity index (χ1n) is 7.91. The maximum absolute atomic E-state index is 12.6. The maximum Gasteiger partial charge on any atom is 0.334 e. The van der Waals surface area contributed by atoms with E-state index >= 15 is 0 Å². The first-order valence-corrected chi connectivity index (χ1v) is 8.85. The number of rotatable bonds is 3. The molecule has 124 valence electrons. The van der Waals surface area contributed by atoms with Crippen molar-refractivity contribution in [2.75, 3.05) is 0 Å². The Kier molecular flexibility index (Phi) is 3.70. The summed E-state index contributed by atoms with van der Waals surface area (Å²) >= 11 is 1.56. The standard InChI is InChI=1S/C21H16O3S/c1-14(2)20(22)24-21(15-11-12-25-13-15)16-7-3-5-9-18(16)23-19-10-6-4-8-17(19)21/h3-13H,1H2,2H3. The maximum atomic E-state index is 12.6. The quantitative estimate of drug-likeness (QED) is 0.478. The highest BCUT2D eigenvalue weighted by Gasteiger charge is 2.47. The fraction of sp³-hybridized carbons (Fsp3) is 0.0952. The number of carbonyl (C=O) groups is 1. The Morgan fingerprint density at radius 2 is 1.64 bits per heavy atom. The molecule has 0 N–H and O–H groups in total. The van der Waals surface area contributed by atoms with Crippen LogP contribution in [0.4, 0.5) is 0 Å². The highest BCUT2D eigenvalue weighted by atomic mass is 32.1. The van der Waals surface area contributed by atoms with Gasteiger partial charge in [-0.2, -0.15) is 11.3 Å². The molecule has 3 aromatic rings. The van der Waals surface area contributed by atoms with Gasteiger partial charge >= 0.3 is 5.97 Å². The van der Waals surface area contributed by atoms with Gasteiger partial charge in [0.2, 0.25) is 0 Å². The third-order valence-electron chi connectivity index (χ3n) is 4.27. The SMILES string of the molecule is C=C(C)C(=O)OC1(c2ccsc2)c2ccccc2Oc2ccccc21. The molecular formula is C21H16O3S. The summed E-state index contributed by atoms with van der Waals surface area (Å²) in [4.78, 5) is 12.6. The lowest BCUT2D eigenvalue weighted by atomic mass is 9.79. The molecule has 0 radical (unpaired) electrons. The molecule has 0 fully saturated rings. The number of esters is 1. The monoisotopic (exact) mass is 348 g/mol. The van der Waals surface area contributed by atoms with E-state index < -0.39 is 11.6 Å². The van der Waals surface area contributed by atoms with Crippen LogP contribution in [-0.4, -0.2) is 5.97 Å². The third-order valence-corrected chi connectivity index (χ3v) is 4.96. The molecule has 1 aliphatic rings. The molecule has 1 aliphatic heterocycles. The molecule has 4 rings (SSSR count). The van der Waals surface area contributed by atoms with Gasteiger partial charge in [-0.1, -0.05) is 43.0 Å². The van der Waals surface area contributed by atoms with E-state index in [2.05, 4.69) is 6.58 Å². The van der Waals surface area contributed by atoms with Crippen molar-refractivity contribution >= 4 is 17.3 Å². The van der Waals surface area contributed by atoms with Crippen LogP contribution >= 0.6 is 11.3 Å². The zero-order valence-corrected chi connectivity index (χ0v) is 14.5. The molecule has 2 aromatic carbocycles. The van der Waals surface area contributed by atoms with Gasteiger partial charge in [0.05, 0.1) is 0 Å². The van der Waals surface area contributed by atoms with Gasteiger partial charge in [-0.05, 0) is 35.9 Å². The van der Waals surface area contributed by atoms with Gasteiger partial charge in [0.25, 0.3) is 0 Å². The zero-order valence-electron chi connectivity index (χ0n) is 13.7. The third kappa shape index (κ3) is 2.37. The van der Waals surface area contributed by atoms with Crippen LogP contribution in [0.15, 0.2) is 77.5 Å². The Morgan fingerprint density at radius 3 is 2.16 bits per heavy atom. The van der Waals surface area contributed by atoms with Gasteiger partial charge in [-0.15, -0.1) is 0 Å². The minimum Gasteiger partial charge on any atom is -0.456 e. The molecule has 2 heterocycles. The summed E-state index contributed by atoms with van der Waals surface area (Å²) in [5.41, 5.74) is 1.82. The molecule has 1 aromatic heterocycles. The van der Waals surface area contributed by atoms with Gasteiger partial charge in [0.15, 0.2) is 5.60 Å². The summed E-state index contributed by atoms with van der Waals surface area (Å²) in [6.07, 6.45) is 0. The number of hydrogen-bond acceptors (Lipinski definition) is 4. The van der Waals surface area contributed by atoms with Crippen molar-refractivity contribution in [1.82, 2.24) is 0 Å². The molecule has 25 heavy (non-hydrogen) atoms. The Hall–Kier alpha value is -2.85. The second kappa shape index (κ2) is 5.90. The van der Waals surface area contributed by atoms with E-state index in [-0.39, 0.29) is 0 Å². The molecular weight excluding hydrogens is 332 g/mol. The van der Waals surface area contributed by atoms with Gasteiger partial charge in [-0.25, -0.2) is 4.79 Å². The van der Waals surface area contributed by atoms with Crippen molar-refractivity contribution in [1.29, 1.82) is 0 Å². The molecule has 4 heteroatoms. The van der Waals surface area contributed by atoms with Crippen molar-refractivity contribution < 1.29 is 14.3 Å². The average molecular weight is 348 g/mol. The molecule has 0 aliphatic carbocycles. The minimum absolute atomic E-state index is 0.357. The molecule has 0 spiro atoms. The highest BCUT2D eigenvalue weighted by molar-refractivity contribution is 7.08. The Balaban J connectivity index is 2.06. The van der Waals surface area contributed by atoms with E-state index in [1.54, 1.807) is 18.3 Å². The summed E-state index contributed by atoms with van der Waals surface area (Å²) < 4.78 is 12.2. The van der Waals surface area contributed by atoms with E-state index in [4.69, 9.17) is 9.47 Å². The number of para-hydroxylation sites is 2. The van der Waals surface area contributed by atoms with Crippen LogP contribution in [-0.2, 0) is 15.1 Å². The first-order chi connectivity index (χ1) is 12.1. The molecule has 0 bridgehead atoms. The molecule has 0 amide bonds. The van der Waals surface area contributed by atoms with Crippen molar-refractivity contribution in [2.45, 2.75) is 12.5 Å². The van der Waals surface area contributed by atoms with Crippen LogP contribution in [0.1, 0.15) is 23.6 Å². The smallest absolute Gasteiger partial charge is 0.334 e. The lowest BCUT2D eigenvalue weighted by molar-refractivity contribution is -0.148. The lowest BCUT2D eigenvalue weighted by Gasteiger charge is -2.39. The van der Waals surface area contributed by atoms with E-state index in [0.717, 1.165) is 16.7 Å². The fourth-order valence-corrected chi connectivity index (χ4v) is 3.82. The predicted octanol–water partition coefficient (Wildman–Crippen LogP) is 5.27. The predicted molar refractivity (Wildman–Crippen MR) is 98.1 cm³/mol. The summed E-state index contributed by atoms with van der Waals surface area (Å²) in [5.74, 6) is 0.932. The summed E-state index contributed by atoms with van der Waals surface area (Å²) in [7, 11) is 0. The lowest BCUT2D eigenvalue weighted by Crippen LogP contribution is -2.37. The number of fused-ring (bicyclic) bond motifs is 2. The molecule has 3 nitrogen and oxygen atoms in total. The summed E-state index contributed by atoms with van der Waals surface area (Å²) in [6.45, 7) is 5.40. The average Bonchev–Trinajstić information content (AvgIpc) is 3.16. The molecule has 0 saturated carbocycles. The Bertz CT molecular complexity index is 911. The largest absolute Gasteiger partial charge is 0.456 e. The van der Waals surface area contributed by atoms with Crippen molar-refractivity contribution in [3.8, 4) is 11.5 Å². The molecule has 0 unspecified atom stereocenters. The van der Waals surface area contributed by atoms with Crippen LogP contribution in [0.3, 0.4) is 0 Å². The number of benzene rings is 2. The van der Waals surface area contributed by atoms with E-state index in [1.165, 1.54) is 0 Å². The van der Waals surface area contributed by atoms with Gasteiger partial charge in [0.1, 0.15) is 11.5 Å². The number of ether oxygens (including phenoxy) is 2. The summed E-state index contributed by atoms with van der Waals surface area (Å²) in [5, 5.41) is 3.98. The van der Waals surface area contributed by atoms with Crippen LogP contribution in [0.2, 0.25) is 0 Å². The van der Waals surface area contributed by atoms with Crippen LogP contribution in [0, 0.1) is 0 Å². The minimum atomic E-state index is -1.05. The Labute approximate surface area is 150 Å². The van der Waals surface area contributed by atoms with Crippen LogP contribution < -0.4 is 4.74 Å².